The molecular formula is C34H40ClN3O5S. The standard InChI is InChI=1S/C34H40ClN3O5S/c1-5-17-36(23-13-15-24(16-14-23)43-7-3)31(40)28-27-21-22(4)34(44-27)29(28)32(41)38(19-10-20-39)30(34)33(42)37(18-6-2)26-12-9-8-11-25(26)35/h5-6,8-9,11-16,22,27-30,39H,1-2,7,10,17-21H2,3-4H3/t22?,27-,28+,29-,30?,34?/m0/s1. The number of aliphatic hydroxyl groups is 1. The third kappa shape index (κ3) is 5.33. The van der Waals surface area contributed by atoms with E-state index in [2.05, 4.69) is 20.1 Å². The number of benzene rings is 2. The average Bonchev–Trinajstić information content (AvgIpc) is 3.61. The number of rotatable bonds is 13. The second-order valence-corrected chi connectivity index (χ2v) is 13.5. The number of amides is 3. The van der Waals surface area contributed by atoms with Crippen molar-refractivity contribution in [3.63, 3.8) is 0 Å². The number of aliphatic hydroxyl groups excluding tert-OH is 1. The summed E-state index contributed by atoms with van der Waals surface area (Å²) >= 11 is 8.19. The lowest BCUT2D eigenvalue weighted by molar-refractivity contribution is -0.139. The van der Waals surface area contributed by atoms with Gasteiger partial charge in [0.25, 0.3) is 5.91 Å². The molecule has 44 heavy (non-hydrogen) atoms. The van der Waals surface area contributed by atoms with Gasteiger partial charge in [-0.05, 0) is 62.1 Å². The van der Waals surface area contributed by atoms with Crippen molar-refractivity contribution < 1.29 is 24.2 Å². The summed E-state index contributed by atoms with van der Waals surface area (Å²) in [6.07, 6.45) is 4.35. The number of para-hydroxylation sites is 1. The first-order chi connectivity index (χ1) is 21.2. The molecule has 1 N–H and O–H groups in total. The molecule has 3 saturated heterocycles. The van der Waals surface area contributed by atoms with E-state index in [1.165, 1.54) is 0 Å². The quantitative estimate of drug-likeness (QED) is 0.304. The van der Waals surface area contributed by atoms with Crippen molar-refractivity contribution in [3.8, 4) is 5.75 Å². The number of carbonyl (C=O) groups excluding carboxylic acids is 3. The second kappa shape index (κ2) is 13.4. The molecule has 6 atom stereocenters. The minimum Gasteiger partial charge on any atom is -0.494 e. The van der Waals surface area contributed by atoms with Crippen LogP contribution in [0.25, 0.3) is 0 Å². The van der Waals surface area contributed by atoms with E-state index in [4.69, 9.17) is 16.3 Å². The summed E-state index contributed by atoms with van der Waals surface area (Å²) in [7, 11) is 0. The average molecular weight is 638 g/mol. The Hall–Kier alpha value is -3.27. The Morgan fingerprint density at radius 2 is 1.80 bits per heavy atom. The van der Waals surface area contributed by atoms with Crippen LogP contribution in [0.3, 0.4) is 0 Å². The smallest absolute Gasteiger partial charge is 0.251 e. The van der Waals surface area contributed by atoms with Gasteiger partial charge in [0.2, 0.25) is 11.8 Å². The number of anilines is 2. The molecule has 2 aromatic rings. The zero-order valence-electron chi connectivity index (χ0n) is 25.2. The summed E-state index contributed by atoms with van der Waals surface area (Å²) in [5, 5.41) is 10.0. The maximum atomic E-state index is 14.7. The van der Waals surface area contributed by atoms with Crippen molar-refractivity contribution in [2.75, 3.05) is 42.6 Å². The van der Waals surface area contributed by atoms with Crippen LogP contribution in [-0.2, 0) is 14.4 Å². The summed E-state index contributed by atoms with van der Waals surface area (Å²) < 4.78 is 4.78. The molecule has 0 aliphatic carbocycles. The van der Waals surface area contributed by atoms with Crippen LogP contribution in [0.4, 0.5) is 11.4 Å². The molecule has 8 nitrogen and oxygen atoms in total. The Balaban J connectivity index is 1.56. The molecule has 234 valence electrons. The van der Waals surface area contributed by atoms with Gasteiger partial charge in [0.1, 0.15) is 11.8 Å². The van der Waals surface area contributed by atoms with Gasteiger partial charge in [-0.25, -0.2) is 0 Å². The van der Waals surface area contributed by atoms with E-state index < -0.39 is 22.6 Å². The van der Waals surface area contributed by atoms with Crippen molar-refractivity contribution in [2.24, 2.45) is 17.8 Å². The molecule has 0 aromatic heterocycles. The number of nitrogens with zero attached hydrogens (tertiary/aromatic N) is 3. The number of hydrogen-bond donors (Lipinski definition) is 1. The van der Waals surface area contributed by atoms with Crippen LogP contribution >= 0.6 is 23.4 Å². The van der Waals surface area contributed by atoms with Gasteiger partial charge < -0.3 is 24.5 Å². The molecule has 3 fully saturated rings. The Kier molecular flexibility index (Phi) is 9.77. The predicted octanol–water partition coefficient (Wildman–Crippen LogP) is 5.20. The predicted molar refractivity (Wildman–Crippen MR) is 176 cm³/mol. The monoisotopic (exact) mass is 637 g/mol. The van der Waals surface area contributed by atoms with Crippen LogP contribution < -0.4 is 14.5 Å². The SMILES string of the molecule is C=CCN(C(=O)[C@@H]1[C@@H]2CC(C)C3(S2)C(C(=O)N(CC=C)c2ccccc2Cl)N(CCCO)C(=O)[C@H]13)c1ccc(OCC)cc1. The van der Waals surface area contributed by atoms with Gasteiger partial charge in [0.15, 0.2) is 0 Å². The normalized spacial score (nSPS) is 26.8. The lowest BCUT2D eigenvalue weighted by atomic mass is 9.65. The number of likely N-dealkylation sites (tertiary alicyclic amines) is 1. The fourth-order valence-corrected chi connectivity index (χ4v) is 9.98. The number of thioether (sulfide) groups is 1. The number of ether oxygens (including phenoxy) is 1. The number of halogens is 1. The highest BCUT2D eigenvalue weighted by Crippen LogP contribution is 2.69. The van der Waals surface area contributed by atoms with Crippen LogP contribution in [-0.4, -0.2) is 76.6 Å². The minimum atomic E-state index is -0.830. The van der Waals surface area contributed by atoms with Gasteiger partial charge in [-0.15, -0.1) is 24.9 Å². The van der Waals surface area contributed by atoms with E-state index >= 15 is 0 Å². The fourth-order valence-electron chi connectivity index (χ4n) is 7.34. The molecule has 2 aromatic carbocycles. The Bertz CT molecular complexity index is 1420. The third-order valence-corrected chi connectivity index (χ3v) is 11.5. The highest BCUT2D eigenvalue weighted by Gasteiger charge is 2.76. The summed E-state index contributed by atoms with van der Waals surface area (Å²) in [4.78, 5) is 48.6. The van der Waals surface area contributed by atoms with Crippen molar-refractivity contribution in [2.45, 2.75) is 42.7 Å². The van der Waals surface area contributed by atoms with Crippen LogP contribution in [0, 0.1) is 17.8 Å². The zero-order valence-corrected chi connectivity index (χ0v) is 26.8. The van der Waals surface area contributed by atoms with Gasteiger partial charge >= 0.3 is 0 Å². The molecular weight excluding hydrogens is 598 g/mol. The molecule has 2 bridgehead atoms. The molecule has 5 rings (SSSR count). The first-order valence-electron chi connectivity index (χ1n) is 15.2. The summed E-state index contributed by atoms with van der Waals surface area (Å²) in [6.45, 7) is 12.9. The van der Waals surface area contributed by atoms with Crippen molar-refractivity contribution >= 4 is 52.5 Å². The third-order valence-electron chi connectivity index (χ3n) is 9.08. The molecule has 10 heteroatoms. The van der Waals surface area contributed by atoms with Gasteiger partial charge in [-0.2, -0.15) is 0 Å². The van der Waals surface area contributed by atoms with Gasteiger partial charge in [-0.1, -0.05) is 42.8 Å². The first kappa shape index (κ1) is 32.1. The van der Waals surface area contributed by atoms with E-state index in [9.17, 15) is 19.5 Å². The second-order valence-electron chi connectivity index (χ2n) is 11.5. The highest BCUT2D eigenvalue weighted by atomic mass is 35.5. The number of carbonyl (C=O) groups is 3. The van der Waals surface area contributed by atoms with E-state index in [0.29, 0.717) is 41.6 Å². The first-order valence-corrected chi connectivity index (χ1v) is 16.4. The van der Waals surface area contributed by atoms with E-state index in [1.807, 2.05) is 37.3 Å². The van der Waals surface area contributed by atoms with Crippen LogP contribution in [0.2, 0.25) is 5.02 Å². The Morgan fingerprint density at radius 1 is 1.11 bits per heavy atom. The van der Waals surface area contributed by atoms with Crippen LogP contribution in [0.15, 0.2) is 73.8 Å². The van der Waals surface area contributed by atoms with E-state index in [0.717, 1.165) is 0 Å². The van der Waals surface area contributed by atoms with Crippen molar-refractivity contribution in [3.05, 3.63) is 78.9 Å². The Labute approximate surface area is 268 Å². The van der Waals surface area contributed by atoms with Gasteiger partial charge in [0, 0.05) is 37.2 Å². The van der Waals surface area contributed by atoms with Crippen molar-refractivity contribution in [1.82, 2.24) is 4.90 Å². The summed E-state index contributed by atoms with van der Waals surface area (Å²) in [5.41, 5.74) is 1.23. The summed E-state index contributed by atoms with van der Waals surface area (Å²) in [6, 6.07) is 13.7. The van der Waals surface area contributed by atoms with Gasteiger partial charge in [0.05, 0.1) is 33.9 Å². The lowest BCUT2D eigenvalue weighted by Gasteiger charge is -2.41. The molecule has 3 heterocycles. The van der Waals surface area contributed by atoms with Crippen LogP contribution in [0.1, 0.15) is 26.7 Å². The summed E-state index contributed by atoms with van der Waals surface area (Å²) in [5.74, 6) is -1.21. The highest BCUT2D eigenvalue weighted by molar-refractivity contribution is 8.02. The van der Waals surface area contributed by atoms with E-state index in [-0.39, 0.29) is 55.1 Å². The van der Waals surface area contributed by atoms with Crippen LogP contribution in [0.5, 0.6) is 5.75 Å². The fraction of sp³-hybridized carbons (Fsp3) is 0.441. The molecule has 0 saturated carbocycles. The molecule has 1 spiro atoms. The molecule has 3 aliphatic heterocycles. The van der Waals surface area contributed by atoms with Gasteiger partial charge in [-0.3, -0.25) is 14.4 Å². The molecule has 3 aliphatic rings. The zero-order chi connectivity index (χ0) is 31.6. The minimum absolute atomic E-state index is 0.00117. The molecule has 0 radical (unpaired) electrons. The van der Waals surface area contributed by atoms with Crippen molar-refractivity contribution in [1.29, 1.82) is 0 Å². The largest absolute Gasteiger partial charge is 0.494 e. The number of fused-ring (bicyclic) bond motifs is 1. The number of hydrogen-bond acceptors (Lipinski definition) is 6. The topological polar surface area (TPSA) is 90.4 Å². The van der Waals surface area contributed by atoms with E-state index in [1.54, 1.807) is 56.8 Å². The molecule has 3 amide bonds. The lowest BCUT2D eigenvalue weighted by Crippen LogP contribution is -2.57. The maximum absolute atomic E-state index is 14.7. The maximum Gasteiger partial charge on any atom is 0.251 e. The molecule has 3 unspecified atom stereocenters. The Morgan fingerprint density at radius 3 is 2.43 bits per heavy atom.